The average Bonchev–Trinajstić information content (AvgIpc) is 3.03. The third-order valence-electron chi connectivity index (χ3n) is 3.02. The van der Waals surface area contributed by atoms with Crippen molar-refractivity contribution in [3.8, 4) is 16.8 Å². The maximum Gasteiger partial charge on any atom is 0.335 e. The van der Waals surface area contributed by atoms with Crippen LogP contribution in [0.25, 0.3) is 16.8 Å². The van der Waals surface area contributed by atoms with Gasteiger partial charge in [0.15, 0.2) is 0 Å². The van der Waals surface area contributed by atoms with Gasteiger partial charge in [0.05, 0.1) is 11.3 Å². The topological polar surface area (TPSA) is 80.9 Å². The van der Waals surface area contributed by atoms with Gasteiger partial charge in [-0.3, -0.25) is 0 Å². The van der Waals surface area contributed by atoms with Crippen LogP contribution < -0.4 is 0 Å². The molecular weight excluding hydrogens is 327 g/mol. The first-order valence-corrected chi connectivity index (χ1v) is 6.87. The second kappa shape index (κ2) is 5.75. The van der Waals surface area contributed by atoms with Crippen LogP contribution in [0.4, 0.5) is 0 Å². The summed E-state index contributed by atoms with van der Waals surface area (Å²) in [7, 11) is 0. The fraction of sp³-hybridized carbons (Fsp3) is 0. The Morgan fingerprint density at radius 2 is 1.95 bits per heavy atom. The van der Waals surface area contributed by atoms with E-state index in [1.54, 1.807) is 24.3 Å². The molecule has 6 nitrogen and oxygen atoms in total. The lowest BCUT2D eigenvalue weighted by Crippen LogP contribution is -2.02. The van der Waals surface area contributed by atoms with Crippen molar-refractivity contribution in [3.63, 3.8) is 0 Å². The van der Waals surface area contributed by atoms with E-state index in [1.165, 1.54) is 23.1 Å². The number of benzene rings is 2. The molecule has 0 spiro atoms. The number of rotatable bonds is 3. The molecule has 0 saturated heterocycles. The van der Waals surface area contributed by atoms with Gasteiger partial charge in [0.25, 0.3) is 0 Å². The van der Waals surface area contributed by atoms with Crippen molar-refractivity contribution in [1.29, 1.82) is 0 Å². The summed E-state index contributed by atoms with van der Waals surface area (Å²) in [4.78, 5) is 11.3. The zero-order chi connectivity index (χ0) is 15.7. The standard InChI is InChI=1S/C14H8Cl2N4O2/c15-10-1-2-13(16)12(6-10)8-3-9(14(21)22)5-11(4-8)20-7-17-18-19-20/h1-7H,(H,21,22). The van der Waals surface area contributed by atoms with Crippen LogP contribution in [0, 0.1) is 0 Å². The van der Waals surface area contributed by atoms with Crippen LogP contribution in [0.1, 0.15) is 10.4 Å². The Morgan fingerprint density at radius 1 is 1.14 bits per heavy atom. The van der Waals surface area contributed by atoms with Gasteiger partial charge in [-0.25, -0.2) is 9.48 Å². The Kier molecular flexibility index (Phi) is 3.79. The van der Waals surface area contributed by atoms with Crippen LogP contribution in [-0.2, 0) is 0 Å². The molecule has 3 aromatic rings. The summed E-state index contributed by atoms with van der Waals surface area (Å²) in [6.07, 6.45) is 1.38. The highest BCUT2D eigenvalue weighted by molar-refractivity contribution is 6.35. The van der Waals surface area contributed by atoms with Crippen molar-refractivity contribution in [2.75, 3.05) is 0 Å². The molecular formula is C14H8Cl2N4O2. The second-order valence-electron chi connectivity index (χ2n) is 4.45. The number of nitrogens with zero attached hydrogens (tertiary/aromatic N) is 4. The van der Waals surface area contributed by atoms with Gasteiger partial charge in [0.2, 0.25) is 0 Å². The maximum absolute atomic E-state index is 11.3. The number of aromatic nitrogens is 4. The van der Waals surface area contributed by atoms with Crippen molar-refractivity contribution in [1.82, 2.24) is 20.2 Å². The first kappa shape index (κ1) is 14.5. The Hall–Kier alpha value is -2.44. The highest BCUT2D eigenvalue weighted by Gasteiger charge is 2.12. The van der Waals surface area contributed by atoms with Gasteiger partial charge in [0, 0.05) is 15.6 Å². The highest BCUT2D eigenvalue weighted by atomic mass is 35.5. The number of carboxylic acids is 1. The molecule has 0 saturated carbocycles. The molecule has 1 aromatic heterocycles. The van der Waals surface area contributed by atoms with E-state index < -0.39 is 5.97 Å². The molecule has 110 valence electrons. The van der Waals surface area contributed by atoms with E-state index in [0.29, 0.717) is 26.9 Å². The molecule has 1 N–H and O–H groups in total. The summed E-state index contributed by atoms with van der Waals surface area (Å²) >= 11 is 12.2. The van der Waals surface area contributed by atoms with Gasteiger partial charge in [-0.2, -0.15) is 0 Å². The van der Waals surface area contributed by atoms with Crippen LogP contribution in [0.3, 0.4) is 0 Å². The van der Waals surface area contributed by atoms with E-state index >= 15 is 0 Å². The minimum absolute atomic E-state index is 0.0963. The van der Waals surface area contributed by atoms with Crippen LogP contribution >= 0.6 is 23.2 Å². The van der Waals surface area contributed by atoms with Crippen molar-refractivity contribution in [3.05, 3.63) is 58.3 Å². The Labute approximate surface area is 134 Å². The summed E-state index contributed by atoms with van der Waals surface area (Å²) in [5, 5.41) is 21.1. The van der Waals surface area contributed by atoms with Gasteiger partial charge in [-0.05, 0) is 52.4 Å². The summed E-state index contributed by atoms with van der Waals surface area (Å²) in [6, 6.07) is 9.73. The fourth-order valence-corrected chi connectivity index (χ4v) is 2.42. The summed E-state index contributed by atoms with van der Waals surface area (Å²) in [6.45, 7) is 0. The number of hydrogen-bond acceptors (Lipinski definition) is 4. The van der Waals surface area contributed by atoms with E-state index in [4.69, 9.17) is 23.2 Å². The van der Waals surface area contributed by atoms with Gasteiger partial charge < -0.3 is 5.11 Å². The van der Waals surface area contributed by atoms with Gasteiger partial charge >= 0.3 is 5.97 Å². The van der Waals surface area contributed by atoms with E-state index in [2.05, 4.69) is 15.5 Å². The molecule has 2 aromatic carbocycles. The largest absolute Gasteiger partial charge is 0.478 e. The van der Waals surface area contributed by atoms with Crippen molar-refractivity contribution in [2.45, 2.75) is 0 Å². The minimum Gasteiger partial charge on any atom is -0.478 e. The number of aromatic carboxylic acids is 1. The molecule has 0 bridgehead atoms. The summed E-state index contributed by atoms with van der Waals surface area (Å²) < 4.78 is 1.37. The van der Waals surface area contributed by atoms with Gasteiger partial charge in [0.1, 0.15) is 6.33 Å². The third-order valence-corrected chi connectivity index (χ3v) is 3.58. The molecule has 0 atom stereocenters. The molecule has 0 aliphatic carbocycles. The molecule has 0 amide bonds. The number of carbonyl (C=O) groups is 1. The molecule has 3 rings (SSSR count). The molecule has 1 heterocycles. The Morgan fingerprint density at radius 3 is 2.64 bits per heavy atom. The number of tetrazole rings is 1. The molecule has 8 heteroatoms. The molecule has 0 aliphatic heterocycles. The minimum atomic E-state index is -1.06. The lowest BCUT2D eigenvalue weighted by molar-refractivity contribution is 0.0697. The maximum atomic E-state index is 11.3. The quantitative estimate of drug-likeness (QED) is 0.794. The van der Waals surface area contributed by atoms with E-state index in [1.807, 2.05) is 0 Å². The van der Waals surface area contributed by atoms with Crippen molar-refractivity contribution in [2.24, 2.45) is 0 Å². The summed E-state index contributed by atoms with van der Waals surface area (Å²) in [5.74, 6) is -1.06. The van der Waals surface area contributed by atoms with Crippen molar-refractivity contribution >= 4 is 29.2 Å². The van der Waals surface area contributed by atoms with Crippen LogP contribution in [-0.4, -0.2) is 31.3 Å². The molecule has 0 unspecified atom stereocenters. The lowest BCUT2D eigenvalue weighted by atomic mass is 10.0. The molecule has 0 aliphatic rings. The number of carboxylic acid groups (broad SMARTS) is 1. The zero-order valence-corrected chi connectivity index (χ0v) is 12.5. The predicted octanol–water partition coefficient (Wildman–Crippen LogP) is 3.33. The van der Waals surface area contributed by atoms with E-state index in [9.17, 15) is 9.90 Å². The van der Waals surface area contributed by atoms with Crippen LogP contribution in [0.15, 0.2) is 42.7 Å². The molecule has 0 fully saturated rings. The van der Waals surface area contributed by atoms with Gasteiger partial charge in [-0.1, -0.05) is 23.2 Å². The average molecular weight is 335 g/mol. The SMILES string of the molecule is O=C(O)c1cc(-c2cc(Cl)ccc2Cl)cc(-n2cnnn2)c1. The van der Waals surface area contributed by atoms with Crippen LogP contribution in [0.5, 0.6) is 0 Å². The molecule has 22 heavy (non-hydrogen) atoms. The van der Waals surface area contributed by atoms with Gasteiger partial charge in [-0.15, -0.1) is 5.10 Å². The van der Waals surface area contributed by atoms with E-state index in [0.717, 1.165) is 0 Å². The third kappa shape index (κ3) is 2.79. The smallest absolute Gasteiger partial charge is 0.335 e. The Balaban J connectivity index is 2.23. The Bertz CT molecular complexity index is 850. The highest BCUT2D eigenvalue weighted by Crippen LogP contribution is 2.32. The lowest BCUT2D eigenvalue weighted by Gasteiger charge is -2.09. The predicted molar refractivity (Wildman–Crippen MR) is 81.6 cm³/mol. The van der Waals surface area contributed by atoms with E-state index in [-0.39, 0.29) is 5.56 Å². The summed E-state index contributed by atoms with van der Waals surface area (Å²) in [5.41, 5.74) is 1.85. The second-order valence-corrected chi connectivity index (χ2v) is 5.30. The first-order valence-electron chi connectivity index (χ1n) is 6.12. The number of halogens is 2. The zero-order valence-electron chi connectivity index (χ0n) is 10.9. The van der Waals surface area contributed by atoms with Crippen LogP contribution in [0.2, 0.25) is 10.0 Å². The monoisotopic (exact) mass is 334 g/mol. The first-order chi connectivity index (χ1) is 10.5. The van der Waals surface area contributed by atoms with Crippen molar-refractivity contribution < 1.29 is 9.90 Å². The fourth-order valence-electron chi connectivity index (χ4n) is 2.02. The normalized spacial score (nSPS) is 10.6. The number of hydrogen-bond donors (Lipinski definition) is 1. The molecule has 0 radical (unpaired) electrons.